The molecule has 0 spiro atoms. The van der Waals surface area contributed by atoms with Crippen LogP contribution in [0.5, 0.6) is 11.5 Å². The Morgan fingerprint density at radius 3 is 2.71 bits per heavy atom. The van der Waals surface area contributed by atoms with E-state index in [2.05, 4.69) is 5.32 Å². The standard InChI is InChI=1S/C12H16ClNO3/c1-7-8(10(15)6-14-2)5-9(13)12-11(7)16-3-4-17-12/h5,10,14-15H,3-4,6H2,1-2H3. The first kappa shape index (κ1) is 12.5. The van der Waals surface area contributed by atoms with E-state index in [-0.39, 0.29) is 0 Å². The number of rotatable bonds is 3. The van der Waals surface area contributed by atoms with Crippen molar-refractivity contribution >= 4 is 11.6 Å². The molecule has 0 aromatic heterocycles. The molecule has 1 aliphatic rings. The largest absolute Gasteiger partial charge is 0.486 e. The number of likely N-dealkylation sites (N-methyl/N-ethyl adjacent to an activating group) is 1. The first-order chi connectivity index (χ1) is 8.15. The van der Waals surface area contributed by atoms with E-state index in [9.17, 15) is 5.11 Å². The van der Waals surface area contributed by atoms with Gasteiger partial charge in [-0.05, 0) is 25.6 Å². The highest BCUT2D eigenvalue weighted by Crippen LogP contribution is 2.43. The van der Waals surface area contributed by atoms with Gasteiger partial charge in [0.05, 0.1) is 11.1 Å². The molecule has 0 amide bonds. The van der Waals surface area contributed by atoms with Gasteiger partial charge in [0.25, 0.3) is 0 Å². The fourth-order valence-electron chi connectivity index (χ4n) is 1.97. The summed E-state index contributed by atoms with van der Waals surface area (Å²) < 4.78 is 11.0. The molecule has 0 saturated carbocycles. The van der Waals surface area contributed by atoms with Crippen LogP contribution in [0.2, 0.25) is 5.02 Å². The zero-order valence-corrected chi connectivity index (χ0v) is 10.7. The van der Waals surface area contributed by atoms with Gasteiger partial charge in [0.1, 0.15) is 13.2 Å². The lowest BCUT2D eigenvalue weighted by molar-refractivity contribution is 0.162. The molecule has 0 fully saturated rings. The molecule has 1 unspecified atom stereocenters. The van der Waals surface area contributed by atoms with Gasteiger partial charge in [0, 0.05) is 12.1 Å². The van der Waals surface area contributed by atoms with Crippen molar-refractivity contribution in [3.8, 4) is 11.5 Å². The van der Waals surface area contributed by atoms with Crippen molar-refractivity contribution in [3.05, 3.63) is 22.2 Å². The second-order valence-corrected chi connectivity index (χ2v) is 4.41. The maximum Gasteiger partial charge on any atom is 0.180 e. The molecular weight excluding hydrogens is 242 g/mol. The quantitative estimate of drug-likeness (QED) is 0.865. The fraction of sp³-hybridized carbons (Fsp3) is 0.500. The van der Waals surface area contributed by atoms with Gasteiger partial charge < -0.3 is 19.9 Å². The van der Waals surface area contributed by atoms with Crippen molar-refractivity contribution in [1.29, 1.82) is 0 Å². The second-order valence-electron chi connectivity index (χ2n) is 4.00. The van der Waals surface area contributed by atoms with Gasteiger partial charge in [0.2, 0.25) is 0 Å². The third kappa shape index (κ3) is 2.34. The highest BCUT2D eigenvalue weighted by Gasteiger charge is 2.23. The molecule has 0 radical (unpaired) electrons. The van der Waals surface area contributed by atoms with Crippen LogP contribution in [-0.2, 0) is 0 Å². The van der Waals surface area contributed by atoms with E-state index in [1.165, 1.54) is 0 Å². The Labute approximate surface area is 105 Å². The predicted octanol–water partition coefficient (Wildman–Crippen LogP) is 1.67. The molecule has 1 aromatic rings. The molecular formula is C12H16ClNO3. The van der Waals surface area contributed by atoms with Crippen LogP contribution in [0, 0.1) is 6.92 Å². The monoisotopic (exact) mass is 257 g/mol. The maximum atomic E-state index is 10.0. The van der Waals surface area contributed by atoms with Gasteiger partial charge in [0.15, 0.2) is 11.5 Å². The summed E-state index contributed by atoms with van der Waals surface area (Å²) >= 11 is 6.13. The summed E-state index contributed by atoms with van der Waals surface area (Å²) in [7, 11) is 1.79. The minimum Gasteiger partial charge on any atom is -0.486 e. The summed E-state index contributed by atoms with van der Waals surface area (Å²) in [4.78, 5) is 0. The van der Waals surface area contributed by atoms with Crippen LogP contribution in [0.3, 0.4) is 0 Å². The summed E-state index contributed by atoms with van der Waals surface area (Å²) in [6.45, 7) is 3.38. The third-order valence-electron chi connectivity index (χ3n) is 2.81. The van der Waals surface area contributed by atoms with Crippen LogP contribution in [0.4, 0.5) is 0 Å². The van der Waals surface area contributed by atoms with Crippen LogP contribution >= 0.6 is 11.6 Å². The van der Waals surface area contributed by atoms with E-state index in [0.29, 0.717) is 36.3 Å². The number of fused-ring (bicyclic) bond motifs is 1. The van der Waals surface area contributed by atoms with Crippen molar-refractivity contribution in [2.45, 2.75) is 13.0 Å². The third-order valence-corrected chi connectivity index (χ3v) is 3.09. The summed E-state index contributed by atoms with van der Waals surface area (Å²) in [5.74, 6) is 1.23. The van der Waals surface area contributed by atoms with Crippen molar-refractivity contribution in [2.24, 2.45) is 0 Å². The highest BCUT2D eigenvalue weighted by atomic mass is 35.5. The Hall–Kier alpha value is -0.970. The topological polar surface area (TPSA) is 50.7 Å². The van der Waals surface area contributed by atoms with Crippen molar-refractivity contribution in [2.75, 3.05) is 26.8 Å². The van der Waals surface area contributed by atoms with Crippen LogP contribution in [0.1, 0.15) is 17.2 Å². The van der Waals surface area contributed by atoms with Gasteiger partial charge >= 0.3 is 0 Å². The zero-order valence-electron chi connectivity index (χ0n) is 9.92. The smallest absolute Gasteiger partial charge is 0.180 e. The van der Waals surface area contributed by atoms with Crippen molar-refractivity contribution < 1.29 is 14.6 Å². The molecule has 1 heterocycles. The van der Waals surface area contributed by atoms with Crippen LogP contribution in [0.15, 0.2) is 6.07 Å². The van der Waals surface area contributed by atoms with Gasteiger partial charge in [-0.2, -0.15) is 0 Å². The van der Waals surface area contributed by atoms with E-state index in [1.807, 2.05) is 6.92 Å². The fourth-order valence-corrected chi connectivity index (χ4v) is 2.22. The summed E-state index contributed by atoms with van der Waals surface area (Å²) in [6.07, 6.45) is -0.603. The first-order valence-electron chi connectivity index (χ1n) is 5.56. The number of halogens is 1. The van der Waals surface area contributed by atoms with Gasteiger partial charge in [-0.25, -0.2) is 0 Å². The molecule has 0 bridgehead atoms. The summed E-state index contributed by atoms with van der Waals surface area (Å²) in [6, 6.07) is 1.74. The van der Waals surface area contributed by atoms with E-state index in [1.54, 1.807) is 13.1 Å². The van der Waals surface area contributed by atoms with E-state index >= 15 is 0 Å². The van der Waals surface area contributed by atoms with Gasteiger partial charge in [-0.1, -0.05) is 11.6 Å². The molecule has 5 heteroatoms. The number of hydrogen-bond acceptors (Lipinski definition) is 4. The maximum absolute atomic E-state index is 10.0. The normalized spacial score (nSPS) is 15.8. The Balaban J connectivity index is 2.44. The van der Waals surface area contributed by atoms with E-state index in [0.717, 1.165) is 11.1 Å². The minimum absolute atomic E-state index is 0.469. The number of benzene rings is 1. The molecule has 4 nitrogen and oxygen atoms in total. The molecule has 1 atom stereocenters. The lowest BCUT2D eigenvalue weighted by Gasteiger charge is -2.24. The average molecular weight is 258 g/mol. The van der Waals surface area contributed by atoms with Crippen LogP contribution < -0.4 is 14.8 Å². The molecule has 1 aromatic carbocycles. The van der Waals surface area contributed by atoms with Crippen LogP contribution in [-0.4, -0.2) is 31.9 Å². The number of nitrogens with one attached hydrogen (secondary N) is 1. The van der Waals surface area contributed by atoms with Crippen molar-refractivity contribution in [1.82, 2.24) is 5.32 Å². The molecule has 2 N–H and O–H groups in total. The molecule has 17 heavy (non-hydrogen) atoms. The number of hydrogen-bond donors (Lipinski definition) is 2. The molecule has 1 aliphatic heterocycles. The summed E-state index contributed by atoms with van der Waals surface area (Å²) in [5, 5.41) is 13.4. The first-order valence-corrected chi connectivity index (χ1v) is 5.94. The Bertz CT molecular complexity index is 423. The SMILES string of the molecule is CNCC(O)c1cc(Cl)c2c(c1C)OCCO2. The average Bonchev–Trinajstić information content (AvgIpc) is 2.34. The molecule has 0 aliphatic carbocycles. The lowest BCUT2D eigenvalue weighted by Crippen LogP contribution is -2.20. The summed E-state index contributed by atoms with van der Waals surface area (Å²) in [5.41, 5.74) is 1.65. The highest BCUT2D eigenvalue weighted by molar-refractivity contribution is 6.32. The Morgan fingerprint density at radius 1 is 1.41 bits per heavy atom. The number of aliphatic hydroxyl groups excluding tert-OH is 1. The Morgan fingerprint density at radius 2 is 2.06 bits per heavy atom. The number of aliphatic hydroxyl groups is 1. The molecule has 2 rings (SSSR count). The van der Waals surface area contributed by atoms with Crippen LogP contribution in [0.25, 0.3) is 0 Å². The predicted molar refractivity (Wildman–Crippen MR) is 66.1 cm³/mol. The van der Waals surface area contributed by atoms with E-state index in [4.69, 9.17) is 21.1 Å². The molecule has 0 saturated heterocycles. The van der Waals surface area contributed by atoms with E-state index < -0.39 is 6.10 Å². The van der Waals surface area contributed by atoms with Crippen molar-refractivity contribution in [3.63, 3.8) is 0 Å². The molecule has 94 valence electrons. The lowest BCUT2D eigenvalue weighted by atomic mass is 10.0. The number of ether oxygens (including phenoxy) is 2. The Kier molecular flexibility index (Phi) is 3.76. The minimum atomic E-state index is -0.603. The zero-order chi connectivity index (χ0) is 12.4. The van der Waals surface area contributed by atoms with Gasteiger partial charge in [-0.3, -0.25) is 0 Å². The second kappa shape index (κ2) is 5.12. The van der Waals surface area contributed by atoms with Gasteiger partial charge in [-0.15, -0.1) is 0 Å².